The van der Waals surface area contributed by atoms with Crippen molar-refractivity contribution < 1.29 is 4.74 Å². The fourth-order valence-corrected chi connectivity index (χ4v) is 2.28. The van der Waals surface area contributed by atoms with E-state index in [0.29, 0.717) is 11.8 Å². The molecule has 0 radical (unpaired) electrons. The molecule has 0 N–H and O–H groups in total. The van der Waals surface area contributed by atoms with E-state index in [1.165, 1.54) is 5.56 Å². The molecule has 2 rings (SSSR count). The molecule has 1 heterocycles. The maximum atomic E-state index is 6.11. The van der Waals surface area contributed by atoms with Gasteiger partial charge in [0, 0.05) is 23.5 Å². The highest BCUT2D eigenvalue weighted by molar-refractivity contribution is 6.17. The number of halogens is 1. The van der Waals surface area contributed by atoms with Crippen LogP contribution in [0, 0.1) is 6.92 Å². The summed E-state index contributed by atoms with van der Waals surface area (Å²) >= 11 is 5.96. The quantitative estimate of drug-likeness (QED) is 0.684. The zero-order valence-corrected chi connectivity index (χ0v) is 12.9. The second-order valence-electron chi connectivity index (χ2n) is 5.02. The normalized spacial score (nSPS) is 12.2. The minimum atomic E-state index is 0.397. The molecule has 20 heavy (non-hydrogen) atoms. The molecule has 1 aromatic carbocycles. The SMILES string of the molecule is CCC(C)c1ccccc1Oc1cc(C)ncc1CCl. The van der Waals surface area contributed by atoms with Gasteiger partial charge in [-0.25, -0.2) is 0 Å². The van der Waals surface area contributed by atoms with Crippen molar-refractivity contribution in [2.45, 2.75) is 39.0 Å². The molecule has 2 aromatic rings. The summed E-state index contributed by atoms with van der Waals surface area (Å²) in [7, 11) is 0. The highest BCUT2D eigenvalue weighted by atomic mass is 35.5. The molecule has 0 aliphatic heterocycles. The molecule has 0 amide bonds. The van der Waals surface area contributed by atoms with Crippen molar-refractivity contribution in [2.24, 2.45) is 0 Å². The Labute approximate surface area is 125 Å². The lowest BCUT2D eigenvalue weighted by molar-refractivity contribution is 0.465. The molecular formula is C17H20ClNO. The highest BCUT2D eigenvalue weighted by Gasteiger charge is 2.12. The van der Waals surface area contributed by atoms with E-state index in [4.69, 9.17) is 16.3 Å². The molecule has 0 spiro atoms. The van der Waals surface area contributed by atoms with E-state index in [2.05, 4.69) is 31.0 Å². The second kappa shape index (κ2) is 6.76. The average molecular weight is 290 g/mol. The Kier molecular flexibility index (Phi) is 5.02. The molecule has 2 nitrogen and oxygen atoms in total. The van der Waals surface area contributed by atoms with Gasteiger partial charge in [-0.3, -0.25) is 4.98 Å². The van der Waals surface area contributed by atoms with E-state index in [1.807, 2.05) is 25.1 Å². The Bertz CT molecular complexity index is 583. The summed E-state index contributed by atoms with van der Waals surface area (Å²) in [6.07, 6.45) is 2.86. The van der Waals surface area contributed by atoms with E-state index in [1.54, 1.807) is 6.20 Å². The topological polar surface area (TPSA) is 22.1 Å². The van der Waals surface area contributed by atoms with Crippen LogP contribution < -0.4 is 4.74 Å². The highest BCUT2D eigenvalue weighted by Crippen LogP contribution is 2.33. The van der Waals surface area contributed by atoms with Gasteiger partial charge in [0.25, 0.3) is 0 Å². The first-order valence-electron chi connectivity index (χ1n) is 6.94. The number of ether oxygens (including phenoxy) is 1. The van der Waals surface area contributed by atoms with Crippen molar-refractivity contribution in [3.63, 3.8) is 0 Å². The van der Waals surface area contributed by atoms with E-state index >= 15 is 0 Å². The van der Waals surface area contributed by atoms with Gasteiger partial charge in [0.15, 0.2) is 0 Å². The molecule has 0 saturated heterocycles. The molecule has 0 saturated carbocycles. The molecule has 0 aliphatic carbocycles. The van der Waals surface area contributed by atoms with Gasteiger partial charge >= 0.3 is 0 Å². The van der Waals surface area contributed by atoms with Crippen molar-refractivity contribution in [1.82, 2.24) is 4.98 Å². The standard InChI is InChI=1S/C17H20ClNO/c1-4-12(2)15-7-5-6-8-16(15)20-17-9-13(3)19-11-14(17)10-18/h5-9,11-12H,4,10H2,1-3H3. The first-order valence-corrected chi connectivity index (χ1v) is 7.47. The Hall–Kier alpha value is -1.54. The smallest absolute Gasteiger partial charge is 0.135 e. The lowest BCUT2D eigenvalue weighted by Gasteiger charge is -2.17. The number of hydrogen-bond donors (Lipinski definition) is 0. The predicted octanol–water partition coefficient (Wildman–Crippen LogP) is 5.43. The van der Waals surface area contributed by atoms with Gasteiger partial charge in [-0.1, -0.05) is 32.0 Å². The van der Waals surface area contributed by atoms with Crippen LogP contribution in [0.5, 0.6) is 11.5 Å². The lowest BCUT2D eigenvalue weighted by atomic mass is 9.98. The predicted molar refractivity (Wildman–Crippen MR) is 83.8 cm³/mol. The third kappa shape index (κ3) is 3.31. The maximum Gasteiger partial charge on any atom is 0.135 e. The summed E-state index contributed by atoms with van der Waals surface area (Å²) in [4.78, 5) is 4.26. The van der Waals surface area contributed by atoms with Crippen LogP contribution in [0.4, 0.5) is 0 Å². The summed E-state index contributed by atoms with van der Waals surface area (Å²) in [6, 6.07) is 10.1. The maximum absolute atomic E-state index is 6.11. The van der Waals surface area contributed by atoms with E-state index < -0.39 is 0 Å². The van der Waals surface area contributed by atoms with Crippen LogP contribution >= 0.6 is 11.6 Å². The van der Waals surface area contributed by atoms with Crippen LogP contribution in [0.2, 0.25) is 0 Å². The molecule has 0 aliphatic rings. The van der Waals surface area contributed by atoms with Gasteiger partial charge in [-0.05, 0) is 30.9 Å². The van der Waals surface area contributed by atoms with Crippen molar-refractivity contribution in [3.8, 4) is 11.5 Å². The van der Waals surface area contributed by atoms with Crippen LogP contribution in [-0.4, -0.2) is 4.98 Å². The number of aryl methyl sites for hydroxylation is 1. The van der Waals surface area contributed by atoms with Crippen molar-refractivity contribution in [2.75, 3.05) is 0 Å². The van der Waals surface area contributed by atoms with E-state index in [9.17, 15) is 0 Å². The molecule has 1 unspecified atom stereocenters. The zero-order valence-electron chi connectivity index (χ0n) is 12.2. The third-order valence-corrected chi connectivity index (χ3v) is 3.79. The van der Waals surface area contributed by atoms with Gasteiger partial charge in [-0.15, -0.1) is 11.6 Å². The summed E-state index contributed by atoms with van der Waals surface area (Å²) in [5.74, 6) is 2.56. The minimum Gasteiger partial charge on any atom is -0.457 e. The van der Waals surface area contributed by atoms with Gasteiger partial charge < -0.3 is 4.74 Å². The number of nitrogens with zero attached hydrogens (tertiary/aromatic N) is 1. The van der Waals surface area contributed by atoms with Crippen molar-refractivity contribution in [3.05, 3.63) is 53.3 Å². The Morgan fingerprint density at radius 2 is 2.00 bits per heavy atom. The zero-order chi connectivity index (χ0) is 14.5. The Balaban J connectivity index is 2.37. The van der Waals surface area contributed by atoms with Crippen LogP contribution in [-0.2, 0) is 5.88 Å². The van der Waals surface area contributed by atoms with Crippen LogP contribution in [0.1, 0.15) is 43.0 Å². The number of pyridine rings is 1. The van der Waals surface area contributed by atoms with Crippen molar-refractivity contribution in [1.29, 1.82) is 0 Å². The summed E-state index contributed by atoms with van der Waals surface area (Å²) in [5.41, 5.74) is 3.07. The van der Waals surface area contributed by atoms with Gasteiger partial charge in [0.1, 0.15) is 11.5 Å². The second-order valence-corrected chi connectivity index (χ2v) is 5.28. The van der Waals surface area contributed by atoms with Gasteiger partial charge in [-0.2, -0.15) is 0 Å². The van der Waals surface area contributed by atoms with E-state index in [-0.39, 0.29) is 0 Å². The number of rotatable bonds is 5. The Morgan fingerprint density at radius 1 is 1.25 bits per heavy atom. The number of hydrogen-bond acceptors (Lipinski definition) is 2. The van der Waals surface area contributed by atoms with Crippen LogP contribution in [0.3, 0.4) is 0 Å². The van der Waals surface area contributed by atoms with E-state index in [0.717, 1.165) is 29.2 Å². The molecule has 1 atom stereocenters. The monoisotopic (exact) mass is 289 g/mol. The molecule has 106 valence electrons. The minimum absolute atomic E-state index is 0.397. The first kappa shape index (κ1) is 14.9. The number of benzene rings is 1. The third-order valence-electron chi connectivity index (χ3n) is 3.51. The summed E-state index contributed by atoms with van der Waals surface area (Å²) in [5, 5.41) is 0. The Morgan fingerprint density at radius 3 is 2.70 bits per heavy atom. The number of alkyl halides is 1. The molecule has 3 heteroatoms. The van der Waals surface area contributed by atoms with Crippen molar-refractivity contribution >= 4 is 11.6 Å². The molecule has 0 bridgehead atoms. The lowest BCUT2D eigenvalue weighted by Crippen LogP contribution is -1.98. The summed E-state index contributed by atoms with van der Waals surface area (Å²) < 4.78 is 6.11. The molecule has 1 aromatic heterocycles. The first-order chi connectivity index (χ1) is 9.65. The van der Waals surface area contributed by atoms with Gasteiger partial charge in [0.05, 0.1) is 5.88 Å². The average Bonchev–Trinajstić information content (AvgIpc) is 2.47. The fourth-order valence-electron chi connectivity index (χ4n) is 2.08. The molecular weight excluding hydrogens is 270 g/mol. The fraction of sp³-hybridized carbons (Fsp3) is 0.353. The van der Waals surface area contributed by atoms with Gasteiger partial charge in [0.2, 0.25) is 0 Å². The number of aromatic nitrogens is 1. The number of para-hydroxylation sites is 1. The molecule has 0 fully saturated rings. The van der Waals surface area contributed by atoms with Crippen LogP contribution in [0.25, 0.3) is 0 Å². The van der Waals surface area contributed by atoms with Crippen LogP contribution in [0.15, 0.2) is 36.5 Å². The largest absolute Gasteiger partial charge is 0.457 e. The summed E-state index contributed by atoms with van der Waals surface area (Å²) in [6.45, 7) is 6.34.